The Morgan fingerprint density at radius 2 is 2.43 bits per heavy atom. The molecule has 0 aromatic carbocycles. The summed E-state index contributed by atoms with van der Waals surface area (Å²) < 4.78 is 22.1. The molecule has 0 fully saturated rings. The van der Waals surface area contributed by atoms with E-state index in [1.165, 1.54) is 0 Å². The molecule has 3 nitrogen and oxygen atoms in total. The van der Waals surface area contributed by atoms with Gasteiger partial charge in [0.2, 0.25) is 0 Å². The van der Waals surface area contributed by atoms with Crippen LogP contribution in [-0.4, -0.2) is 25.3 Å². The van der Waals surface area contributed by atoms with Crippen molar-refractivity contribution in [3.8, 4) is 0 Å². The zero-order valence-corrected chi connectivity index (χ0v) is 5.80. The van der Waals surface area contributed by atoms with E-state index in [9.17, 15) is 3.83 Å². The van der Waals surface area contributed by atoms with Gasteiger partial charge in [-0.25, -0.2) is 0 Å². The van der Waals surface area contributed by atoms with Gasteiger partial charge >= 0.3 is 46.3 Å². The average molecular weight is 171 g/mol. The maximum absolute atomic E-state index is 9.74. The van der Waals surface area contributed by atoms with E-state index < -0.39 is 14.5 Å². The van der Waals surface area contributed by atoms with Gasteiger partial charge in [0.25, 0.3) is 0 Å². The van der Waals surface area contributed by atoms with Crippen LogP contribution < -0.4 is 0 Å². The Labute approximate surface area is 47.0 Å². The van der Waals surface area contributed by atoms with Crippen LogP contribution in [0.25, 0.3) is 0 Å². The van der Waals surface area contributed by atoms with Crippen molar-refractivity contribution in [2.45, 2.75) is 13.3 Å². The molecular formula is C3H8O3Se. The van der Waals surface area contributed by atoms with E-state index in [2.05, 4.69) is 3.82 Å². The van der Waals surface area contributed by atoms with E-state index >= 15 is 0 Å². The third-order valence-corrected chi connectivity index (χ3v) is 1.16. The third kappa shape index (κ3) is 6.24. The van der Waals surface area contributed by atoms with Gasteiger partial charge in [0.15, 0.2) is 0 Å². The molecule has 0 radical (unpaired) electrons. The van der Waals surface area contributed by atoms with Crippen LogP contribution in [0, 0.1) is 0 Å². The molecule has 0 heterocycles. The third-order valence-electron chi connectivity index (χ3n) is 0.388. The van der Waals surface area contributed by atoms with Gasteiger partial charge in [-0.05, 0) is 0 Å². The average Bonchev–Trinajstić information content (AvgIpc) is 1.61. The van der Waals surface area contributed by atoms with Crippen molar-refractivity contribution in [3.05, 3.63) is 0 Å². The van der Waals surface area contributed by atoms with Crippen LogP contribution in [-0.2, 0) is 7.65 Å². The van der Waals surface area contributed by atoms with Crippen molar-refractivity contribution in [3.63, 3.8) is 0 Å². The summed E-state index contributed by atoms with van der Waals surface area (Å²) in [6.45, 7) is 2.28. The number of hydrogen-bond acceptors (Lipinski definition) is 2. The van der Waals surface area contributed by atoms with Gasteiger partial charge in [0, 0.05) is 0 Å². The Kier molecular flexibility index (Phi) is 4.55. The molecule has 0 spiro atoms. The second-order valence-electron chi connectivity index (χ2n) is 1.04. The molecule has 7 heavy (non-hydrogen) atoms. The molecule has 0 aliphatic carbocycles. The van der Waals surface area contributed by atoms with E-state index in [-0.39, 0.29) is 0 Å². The molecule has 1 N–H and O–H groups in total. The predicted octanol–water partition coefficient (Wildman–Crippen LogP) is -0.179. The molecule has 0 rings (SSSR count). The van der Waals surface area contributed by atoms with Gasteiger partial charge in [-0.1, -0.05) is 0 Å². The van der Waals surface area contributed by atoms with E-state index in [0.717, 1.165) is 6.42 Å². The summed E-state index contributed by atoms with van der Waals surface area (Å²) in [5, 5.41) is 0. The summed E-state index contributed by atoms with van der Waals surface area (Å²) in [5.74, 6) is 0. The van der Waals surface area contributed by atoms with Gasteiger partial charge in [0.1, 0.15) is 0 Å². The molecule has 0 amide bonds. The molecule has 1 unspecified atom stereocenters. The zero-order valence-electron chi connectivity index (χ0n) is 4.09. The SMILES string of the molecule is CCCO[Se](=O)O. The van der Waals surface area contributed by atoms with Gasteiger partial charge < -0.3 is 0 Å². The van der Waals surface area contributed by atoms with E-state index in [4.69, 9.17) is 4.19 Å². The summed E-state index contributed by atoms with van der Waals surface area (Å²) in [6.07, 6.45) is 0.794. The molecule has 0 aromatic heterocycles. The van der Waals surface area contributed by atoms with Crippen molar-refractivity contribution >= 4 is 14.5 Å². The molecular weight excluding hydrogens is 163 g/mol. The van der Waals surface area contributed by atoms with Crippen LogP contribution in [0.3, 0.4) is 0 Å². The monoisotopic (exact) mass is 172 g/mol. The quantitative estimate of drug-likeness (QED) is 0.599. The fraction of sp³-hybridized carbons (Fsp3) is 1.00. The maximum atomic E-state index is 9.74. The van der Waals surface area contributed by atoms with Gasteiger partial charge in [-0.15, -0.1) is 0 Å². The summed E-state index contributed by atoms with van der Waals surface area (Å²) >= 11 is -2.83. The first-order valence-corrected chi connectivity index (χ1v) is 4.18. The van der Waals surface area contributed by atoms with Gasteiger partial charge in [0.05, 0.1) is 0 Å². The Balaban J connectivity index is 2.82. The number of rotatable bonds is 3. The van der Waals surface area contributed by atoms with Gasteiger partial charge in [-0.2, -0.15) is 0 Å². The Morgan fingerprint density at radius 1 is 1.86 bits per heavy atom. The summed E-state index contributed by atoms with van der Waals surface area (Å²) in [4.78, 5) is 0. The Hall–Kier alpha value is 0.239. The summed E-state index contributed by atoms with van der Waals surface area (Å²) in [5.41, 5.74) is 0. The molecule has 1 atom stereocenters. The van der Waals surface area contributed by atoms with Crippen LogP contribution in [0.5, 0.6) is 0 Å². The molecule has 0 aliphatic rings. The fourth-order valence-electron chi connectivity index (χ4n) is 0.155. The van der Waals surface area contributed by atoms with Gasteiger partial charge in [-0.3, -0.25) is 0 Å². The van der Waals surface area contributed by atoms with E-state index in [1.807, 2.05) is 6.92 Å². The standard InChI is InChI=1S/C3H8O3Se/c1-2-3-6-7(4)5/h2-3H2,1H3,(H,4,5). The van der Waals surface area contributed by atoms with Crippen molar-refractivity contribution in [2.24, 2.45) is 0 Å². The molecule has 0 bridgehead atoms. The summed E-state index contributed by atoms with van der Waals surface area (Å²) in [7, 11) is 0. The first-order chi connectivity index (χ1) is 3.27. The second-order valence-corrected chi connectivity index (χ2v) is 2.44. The molecule has 0 saturated heterocycles. The van der Waals surface area contributed by atoms with E-state index in [0.29, 0.717) is 6.61 Å². The van der Waals surface area contributed by atoms with Crippen LogP contribution >= 0.6 is 0 Å². The van der Waals surface area contributed by atoms with E-state index in [1.54, 1.807) is 0 Å². The molecule has 44 valence electrons. The van der Waals surface area contributed by atoms with Crippen molar-refractivity contribution in [2.75, 3.05) is 6.61 Å². The fourth-order valence-corrected chi connectivity index (χ4v) is 0.803. The zero-order chi connectivity index (χ0) is 5.70. The summed E-state index contributed by atoms with van der Waals surface area (Å²) in [6, 6.07) is 0. The van der Waals surface area contributed by atoms with Crippen LogP contribution in [0.4, 0.5) is 0 Å². The Morgan fingerprint density at radius 3 is 2.57 bits per heavy atom. The van der Waals surface area contributed by atoms with Crippen molar-refractivity contribution in [1.82, 2.24) is 0 Å². The van der Waals surface area contributed by atoms with Crippen LogP contribution in [0.15, 0.2) is 0 Å². The normalized spacial score (nSPS) is 14.0. The first-order valence-electron chi connectivity index (χ1n) is 2.01. The molecule has 0 aromatic rings. The second kappa shape index (κ2) is 4.40. The van der Waals surface area contributed by atoms with Crippen LogP contribution in [0.2, 0.25) is 0 Å². The molecule has 0 aliphatic heterocycles. The topological polar surface area (TPSA) is 46.5 Å². The molecule has 0 saturated carbocycles. The molecule has 4 heteroatoms. The van der Waals surface area contributed by atoms with Crippen LogP contribution in [0.1, 0.15) is 13.3 Å². The number of hydrogen-bond donors (Lipinski definition) is 1. The minimum absolute atomic E-state index is 0.394. The van der Waals surface area contributed by atoms with Crippen molar-refractivity contribution in [1.29, 1.82) is 0 Å². The van der Waals surface area contributed by atoms with Crippen molar-refractivity contribution < 1.29 is 11.8 Å². The minimum atomic E-state index is -2.83. The first kappa shape index (κ1) is 7.24. The predicted molar refractivity (Wildman–Crippen MR) is 24.9 cm³/mol. The Bertz CT molecular complexity index is 63.2.